The molecule has 0 aromatic heterocycles. The highest BCUT2D eigenvalue weighted by Gasteiger charge is 2.08. The van der Waals surface area contributed by atoms with Crippen LogP contribution in [0, 0.1) is 0 Å². The van der Waals surface area contributed by atoms with Crippen LogP contribution in [0.4, 0.5) is 0 Å². The molecule has 0 saturated carbocycles. The molecule has 10 heavy (non-hydrogen) atoms. The van der Waals surface area contributed by atoms with Crippen LogP contribution in [-0.2, 0) is 10.2 Å². The van der Waals surface area contributed by atoms with Gasteiger partial charge in [0.25, 0.3) is 10.2 Å². The zero-order chi connectivity index (χ0) is 7.61. The summed E-state index contributed by atoms with van der Waals surface area (Å²) >= 11 is 0. The summed E-state index contributed by atoms with van der Waals surface area (Å²) in [4.78, 5) is 3.76. The first kappa shape index (κ1) is 7.29. The summed E-state index contributed by atoms with van der Waals surface area (Å²) in [5, 5.41) is 7.35. The molecule has 4 N–H and O–H groups in total. The topological polar surface area (TPSA) is 96.6 Å². The maximum absolute atomic E-state index is 10.3. The molecule has 0 spiro atoms. The average molecular weight is 164 g/mol. The summed E-state index contributed by atoms with van der Waals surface area (Å²) in [6.45, 7) is 1.23. The number of guanidine groups is 1. The second-order valence-electron chi connectivity index (χ2n) is 1.80. The highest BCUT2D eigenvalue weighted by Crippen LogP contribution is 1.81. The monoisotopic (exact) mass is 164 g/mol. The van der Waals surface area contributed by atoms with E-state index in [0.29, 0.717) is 13.1 Å². The van der Waals surface area contributed by atoms with Crippen LogP contribution in [0.25, 0.3) is 0 Å². The quantitative estimate of drug-likeness (QED) is 0.408. The molecule has 7 heteroatoms. The Bertz CT molecular complexity index is 243. The maximum atomic E-state index is 10.3. The van der Waals surface area contributed by atoms with E-state index in [1.165, 1.54) is 0 Å². The summed E-state index contributed by atoms with van der Waals surface area (Å²) in [6, 6.07) is 0. The first-order valence-electron chi connectivity index (χ1n) is 2.67. The summed E-state index contributed by atoms with van der Waals surface area (Å²) in [5.41, 5.74) is 0. The molecule has 0 amide bonds. The normalized spacial score (nSPS) is 17.9. The molecule has 58 valence electrons. The van der Waals surface area contributed by atoms with Crippen LogP contribution in [0.1, 0.15) is 0 Å². The van der Waals surface area contributed by atoms with E-state index in [0.717, 1.165) is 0 Å². The lowest BCUT2D eigenvalue weighted by molar-refractivity contribution is 0.593. The molecule has 0 unspecified atom stereocenters. The van der Waals surface area contributed by atoms with E-state index in [2.05, 4.69) is 15.4 Å². The van der Waals surface area contributed by atoms with Crippen molar-refractivity contribution in [1.82, 2.24) is 10.0 Å². The SMILES string of the molecule is NS(=O)(=O)NC1=NCCN1. The number of nitrogens with zero attached hydrogens (tertiary/aromatic N) is 1. The van der Waals surface area contributed by atoms with Crippen molar-refractivity contribution >= 4 is 16.2 Å². The molecule has 0 radical (unpaired) electrons. The standard InChI is InChI=1S/C3H8N4O2S/c4-10(8,9)7-3-5-1-2-6-3/h1-2H2,(H2,4,8,9)(H2,5,6,7). The first-order chi connectivity index (χ1) is 4.58. The molecule has 1 heterocycles. The minimum atomic E-state index is -3.65. The third-order valence-corrected chi connectivity index (χ3v) is 1.39. The minimum absolute atomic E-state index is 0.225. The van der Waals surface area contributed by atoms with Gasteiger partial charge in [-0.15, -0.1) is 0 Å². The zero-order valence-corrected chi connectivity index (χ0v) is 5.98. The Hall–Kier alpha value is -0.820. The van der Waals surface area contributed by atoms with E-state index >= 15 is 0 Å². The Kier molecular flexibility index (Phi) is 1.77. The number of rotatable bonds is 1. The maximum Gasteiger partial charge on any atom is 0.298 e. The highest BCUT2D eigenvalue weighted by atomic mass is 32.2. The molecule has 0 aliphatic carbocycles. The van der Waals surface area contributed by atoms with Gasteiger partial charge < -0.3 is 5.32 Å². The molecule has 0 atom stereocenters. The smallest absolute Gasteiger partial charge is 0.298 e. The van der Waals surface area contributed by atoms with Gasteiger partial charge in [0.05, 0.1) is 6.54 Å². The summed E-state index contributed by atoms with van der Waals surface area (Å²) in [6.07, 6.45) is 0. The summed E-state index contributed by atoms with van der Waals surface area (Å²) in [7, 11) is -3.65. The van der Waals surface area contributed by atoms with Crippen molar-refractivity contribution in [3.05, 3.63) is 0 Å². The van der Waals surface area contributed by atoms with Gasteiger partial charge in [-0.1, -0.05) is 0 Å². The van der Waals surface area contributed by atoms with Crippen LogP contribution in [0.15, 0.2) is 4.99 Å². The van der Waals surface area contributed by atoms with Gasteiger partial charge in [0.1, 0.15) is 0 Å². The van der Waals surface area contributed by atoms with E-state index in [1.54, 1.807) is 0 Å². The van der Waals surface area contributed by atoms with E-state index in [1.807, 2.05) is 4.72 Å². The van der Waals surface area contributed by atoms with Crippen LogP contribution >= 0.6 is 0 Å². The first-order valence-corrected chi connectivity index (χ1v) is 4.21. The Labute approximate surface area is 58.7 Å². The number of aliphatic imine (C=N–C) groups is 1. The lowest BCUT2D eigenvalue weighted by Gasteiger charge is -2.01. The fourth-order valence-electron chi connectivity index (χ4n) is 0.601. The van der Waals surface area contributed by atoms with Gasteiger partial charge in [-0.05, 0) is 0 Å². The van der Waals surface area contributed by atoms with Crippen LogP contribution in [0.2, 0.25) is 0 Å². The van der Waals surface area contributed by atoms with Crippen molar-refractivity contribution in [2.24, 2.45) is 10.1 Å². The largest absolute Gasteiger partial charge is 0.354 e. The van der Waals surface area contributed by atoms with Crippen molar-refractivity contribution in [2.75, 3.05) is 13.1 Å². The van der Waals surface area contributed by atoms with Crippen LogP contribution in [-0.4, -0.2) is 27.5 Å². The number of hydrogen-bond acceptors (Lipinski definition) is 4. The average Bonchev–Trinajstić information content (AvgIpc) is 2.12. The van der Waals surface area contributed by atoms with Crippen molar-refractivity contribution in [2.45, 2.75) is 0 Å². The second-order valence-corrected chi connectivity index (χ2v) is 3.10. The molecule has 1 rings (SSSR count). The Morgan fingerprint density at radius 2 is 2.40 bits per heavy atom. The van der Waals surface area contributed by atoms with Gasteiger partial charge in [0.2, 0.25) is 5.96 Å². The van der Waals surface area contributed by atoms with Crippen LogP contribution in [0.3, 0.4) is 0 Å². The van der Waals surface area contributed by atoms with E-state index in [4.69, 9.17) is 0 Å². The van der Waals surface area contributed by atoms with Crippen molar-refractivity contribution in [3.63, 3.8) is 0 Å². The van der Waals surface area contributed by atoms with Gasteiger partial charge in [-0.25, -0.2) is 9.86 Å². The second kappa shape index (κ2) is 2.43. The summed E-state index contributed by atoms with van der Waals surface area (Å²) < 4.78 is 22.7. The fraction of sp³-hybridized carbons (Fsp3) is 0.667. The molecule has 1 aliphatic heterocycles. The highest BCUT2D eigenvalue weighted by molar-refractivity contribution is 7.87. The van der Waals surface area contributed by atoms with Gasteiger partial charge >= 0.3 is 0 Å². The van der Waals surface area contributed by atoms with Gasteiger partial charge in [-0.3, -0.25) is 4.99 Å². The van der Waals surface area contributed by atoms with E-state index < -0.39 is 10.2 Å². The minimum Gasteiger partial charge on any atom is -0.354 e. The third-order valence-electron chi connectivity index (χ3n) is 0.913. The molecule has 0 fully saturated rings. The Balaban J connectivity index is 2.54. The van der Waals surface area contributed by atoms with Gasteiger partial charge in [0.15, 0.2) is 0 Å². The molecular formula is C3H8N4O2S. The van der Waals surface area contributed by atoms with Gasteiger partial charge in [0, 0.05) is 6.54 Å². The number of nitrogens with one attached hydrogen (secondary N) is 2. The molecule has 0 saturated heterocycles. The fourth-order valence-corrected chi connectivity index (χ4v) is 1.01. The Morgan fingerprint density at radius 3 is 2.80 bits per heavy atom. The summed E-state index contributed by atoms with van der Waals surface area (Å²) in [5.74, 6) is 0.225. The lowest BCUT2D eigenvalue weighted by Crippen LogP contribution is -2.41. The van der Waals surface area contributed by atoms with E-state index in [9.17, 15) is 8.42 Å². The third kappa shape index (κ3) is 2.19. The van der Waals surface area contributed by atoms with Crippen molar-refractivity contribution < 1.29 is 8.42 Å². The van der Waals surface area contributed by atoms with Crippen LogP contribution in [0.5, 0.6) is 0 Å². The molecule has 0 aromatic rings. The van der Waals surface area contributed by atoms with E-state index in [-0.39, 0.29) is 5.96 Å². The number of nitrogens with two attached hydrogens (primary N) is 1. The number of hydrogen-bond donors (Lipinski definition) is 3. The lowest BCUT2D eigenvalue weighted by atomic mass is 10.7. The van der Waals surface area contributed by atoms with Crippen molar-refractivity contribution in [3.8, 4) is 0 Å². The molecule has 0 aromatic carbocycles. The van der Waals surface area contributed by atoms with Crippen LogP contribution < -0.4 is 15.2 Å². The van der Waals surface area contributed by atoms with Gasteiger partial charge in [-0.2, -0.15) is 8.42 Å². The molecule has 1 aliphatic rings. The zero-order valence-electron chi connectivity index (χ0n) is 5.16. The molecular weight excluding hydrogens is 156 g/mol. The molecule has 0 bridgehead atoms. The predicted octanol–water partition coefficient (Wildman–Crippen LogP) is -2.26. The molecule has 6 nitrogen and oxygen atoms in total. The predicted molar refractivity (Wildman–Crippen MR) is 36.5 cm³/mol. The Morgan fingerprint density at radius 1 is 1.70 bits per heavy atom. The van der Waals surface area contributed by atoms with Crippen molar-refractivity contribution in [1.29, 1.82) is 0 Å².